The number of ether oxygens (including phenoxy) is 1. The molecule has 0 amide bonds. The summed E-state index contributed by atoms with van der Waals surface area (Å²) in [6.07, 6.45) is 1.82. The lowest BCUT2D eigenvalue weighted by atomic mass is 10.1. The first-order valence-corrected chi connectivity index (χ1v) is 4.88. The molecule has 1 rings (SSSR count). The van der Waals surface area contributed by atoms with E-state index >= 15 is 0 Å². The van der Waals surface area contributed by atoms with Crippen LogP contribution in [-0.2, 0) is 4.74 Å². The summed E-state index contributed by atoms with van der Waals surface area (Å²) in [6, 6.07) is 0.253. The molecule has 0 aromatic heterocycles. The van der Waals surface area contributed by atoms with Gasteiger partial charge in [0.05, 0.1) is 18.8 Å². The van der Waals surface area contributed by atoms with Crippen LogP contribution in [0.15, 0.2) is 0 Å². The Labute approximate surface area is 78.9 Å². The van der Waals surface area contributed by atoms with E-state index in [1.54, 1.807) is 0 Å². The van der Waals surface area contributed by atoms with Crippen LogP contribution in [0.5, 0.6) is 0 Å². The van der Waals surface area contributed by atoms with Crippen molar-refractivity contribution in [3.8, 4) is 0 Å². The second kappa shape index (κ2) is 5.54. The molecule has 0 aliphatic carbocycles. The molecule has 3 unspecified atom stereocenters. The average molecular weight is 189 g/mol. The molecule has 1 saturated heterocycles. The van der Waals surface area contributed by atoms with E-state index in [-0.39, 0.29) is 18.8 Å². The van der Waals surface area contributed by atoms with Crippen LogP contribution in [0.25, 0.3) is 0 Å². The van der Waals surface area contributed by atoms with Crippen molar-refractivity contribution in [1.82, 2.24) is 5.32 Å². The number of hydrogen-bond acceptors (Lipinski definition) is 4. The average Bonchev–Trinajstić information content (AvgIpc) is 2.66. The van der Waals surface area contributed by atoms with Crippen LogP contribution in [0.4, 0.5) is 0 Å². The number of aliphatic hydroxyl groups excluding tert-OH is 2. The van der Waals surface area contributed by atoms with E-state index in [0.29, 0.717) is 6.54 Å². The molecule has 3 atom stereocenters. The SMILES string of the molecule is CC(NCC(O)CO)C1CCCO1. The van der Waals surface area contributed by atoms with Crippen molar-refractivity contribution in [3.05, 3.63) is 0 Å². The molecule has 13 heavy (non-hydrogen) atoms. The van der Waals surface area contributed by atoms with Crippen molar-refractivity contribution in [3.63, 3.8) is 0 Å². The lowest BCUT2D eigenvalue weighted by Gasteiger charge is -2.21. The molecule has 3 N–H and O–H groups in total. The Hall–Kier alpha value is -0.160. The maximum absolute atomic E-state index is 9.10. The fraction of sp³-hybridized carbons (Fsp3) is 1.00. The van der Waals surface area contributed by atoms with Crippen LogP contribution in [0.3, 0.4) is 0 Å². The highest BCUT2D eigenvalue weighted by atomic mass is 16.5. The van der Waals surface area contributed by atoms with E-state index in [1.165, 1.54) is 0 Å². The number of rotatable bonds is 5. The number of aliphatic hydroxyl groups is 2. The lowest BCUT2D eigenvalue weighted by Crippen LogP contribution is -2.41. The van der Waals surface area contributed by atoms with Gasteiger partial charge in [0.25, 0.3) is 0 Å². The maximum atomic E-state index is 9.10. The predicted octanol–water partition coefficient (Wildman–Crippen LogP) is -0.503. The molecule has 0 bridgehead atoms. The Morgan fingerprint density at radius 3 is 2.92 bits per heavy atom. The smallest absolute Gasteiger partial charge is 0.0895 e. The highest BCUT2D eigenvalue weighted by molar-refractivity contribution is 4.77. The standard InChI is InChI=1S/C9H19NO3/c1-7(9-3-2-4-13-9)10-5-8(12)6-11/h7-12H,2-6H2,1H3. The Kier molecular flexibility index (Phi) is 4.66. The predicted molar refractivity (Wildman–Crippen MR) is 49.5 cm³/mol. The largest absolute Gasteiger partial charge is 0.394 e. The molecular formula is C9H19NO3. The van der Waals surface area contributed by atoms with Crippen LogP contribution in [0.2, 0.25) is 0 Å². The van der Waals surface area contributed by atoms with Gasteiger partial charge in [-0.15, -0.1) is 0 Å². The van der Waals surface area contributed by atoms with Crippen LogP contribution in [-0.4, -0.2) is 48.2 Å². The quantitative estimate of drug-likeness (QED) is 0.545. The second-order valence-electron chi connectivity index (χ2n) is 3.58. The second-order valence-corrected chi connectivity index (χ2v) is 3.58. The minimum Gasteiger partial charge on any atom is -0.394 e. The molecule has 1 heterocycles. The summed E-state index contributed by atoms with van der Waals surface area (Å²) >= 11 is 0. The van der Waals surface area contributed by atoms with Crippen LogP contribution in [0.1, 0.15) is 19.8 Å². The number of nitrogens with one attached hydrogen (secondary N) is 1. The normalized spacial score (nSPS) is 27.5. The molecule has 0 saturated carbocycles. The van der Waals surface area contributed by atoms with E-state index in [2.05, 4.69) is 5.32 Å². The summed E-state index contributed by atoms with van der Waals surface area (Å²) in [5.74, 6) is 0. The van der Waals surface area contributed by atoms with Crippen molar-refractivity contribution >= 4 is 0 Å². The molecule has 0 aromatic carbocycles. The van der Waals surface area contributed by atoms with E-state index in [0.717, 1.165) is 19.4 Å². The van der Waals surface area contributed by atoms with Gasteiger partial charge in [0.1, 0.15) is 0 Å². The van der Waals surface area contributed by atoms with Crippen molar-refractivity contribution in [2.45, 2.75) is 38.0 Å². The Morgan fingerprint density at radius 2 is 2.38 bits per heavy atom. The molecule has 1 aliphatic rings. The summed E-state index contributed by atoms with van der Waals surface area (Å²) in [6.45, 7) is 3.13. The summed E-state index contributed by atoms with van der Waals surface area (Å²) in [5.41, 5.74) is 0. The van der Waals surface area contributed by atoms with Gasteiger partial charge in [-0.3, -0.25) is 0 Å². The minimum atomic E-state index is -0.663. The summed E-state index contributed by atoms with van der Waals surface area (Å²) in [4.78, 5) is 0. The van der Waals surface area contributed by atoms with Crippen LogP contribution in [0, 0.1) is 0 Å². The van der Waals surface area contributed by atoms with Crippen molar-refractivity contribution in [2.75, 3.05) is 19.8 Å². The minimum absolute atomic E-state index is 0.189. The molecule has 78 valence electrons. The van der Waals surface area contributed by atoms with Gasteiger partial charge >= 0.3 is 0 Å². The zero-order valence-electron chi connectivity index (χ0n) is 8.07. The topological polar surface area (TPSA) is 61.7 Å². The van der Waals surface area contributed by atoms with Gasteiger partial charge in [0.2, 0.25) is 0 Å². The van der Waals surface area contributed by atoms with Gasteiger partial charge in [0.15, 0.2) is 0 Å². The first kappa shape index (κ1) is 10.9. The van der Waals surface area contributed by atoms with Gasteiger partial charge in [-0.25, -0.2) is 0 Å². The molecule has 0 radical (unpaired) electrons. The van der Waals surface area contributed by atoms with Gasteiger partial charge in [-0.1, -0.05) is 0 Å². The highest BCUT2D eigenvalue weighted by Gasteiger charge is 2.22. The Morgan fingerprint density at radius 1 is 1.62 bits per heavy atom. The molecule has 0 spiro atoms. The monoisotopic (exact) mass is 189 g/mol. The third-order valence-electron chi connectivity index (χ3n) is 2.41. The van der Waals surface area contributed by atoms with Gasteiger partial charge in [-0.2, -0.15) is 0 Å². The van der Waals surface area contributed by atoms with Crippen molar-refractivity contribution in [2.24, 2.45) is 0 Å². The summed E-state index contributed by atoms with van der Waals surface area (Å²) < 4.78 is 5.47. The van der Waals surface area contributed by atoms with Gasteiger partial charge < -0.3 is 20.3 Å². The first-order chi connectivity index (χ1) is 6.24. The summed E-state index contributed by atoms with van der Waals surface area (Å²) in [7, 11) is 0. The zero-order chi connectivity index (χ0) is 9.68. The first-order valence-electron chi connectivity index (χ1n) is 4.88. The van der Waals surface area contributed by atoms with Crippen molar-refractivity contribution in [1.29, 1.82) is 0 Å². The molecular weight excluding hydrogens is 170 g/mol. The fourth-order valence-corrected chi connectivity index (χ4v) is 1.51. The maximum Gasteiger partial charge on any atom is 0.0895 e. The van der Waals surface area contributed by atoms with Gasteiger partial charge in [0, 0.05) is 19.2 Å². The van der Waals surface area contributed by atoms with E-state index in [9.17, 15) is 0 Å². The Bertz CT molecular complexity index is 137. The lowest BCUT2D eigenvalue weighted by molar-refractivity contribution is 0.0637. The molecule has 0 aromatic rings. The highest BCUT2D eigenvalue weighted by Crippen LogP contribution is 2.15. The summed E-state index contributed by atoms with van der Waals surface area (Å²) in [5, 5.41) is 20.8. The third kappa shape index (κ3) is 3.60. The van der Waals surface area contributed by atoms with Crippen LogP contribution >= 0.6 is 0 Å². The van der Waals surface area contributed by atoms with Gasteiger partial charge in [-0.05, 0) is 19.8 Å². The fourth-order valence-electron chi connectivity index (χ4n) is 1.51. The van der Waals surface area contributed by atoms with E-state index in [4.69, 9.17) is 14.9 Å². The van der Waals surface area contributed by atoms with Crippen molar-refractivity contribution < 1.29 is 14.9 Å². The molecule has 4 heteroatoms. The molecule has 1 fully saturated rings. The Balaban J connectivity index is 2.12. The molecule has 1 aliphatic heterocycles. The molecule has 4 nitrogen and oxygen atoms in total. The van der Waals surface area contributed by atoms with Crippen LogP contribution < -0.4 is 5.32 Å². The zero-order valence-corrected chi connectivity index (χ0v) is 8.07. The third-order valence-corrected chi connectivity index (χ3v) is 2.41. The number of hydrogen-bond donors (Lipinski definition) is 3. The van der Waals surface area contributed by atoms with E-state index < -0.39 is 6.10 Å². The van der Waals surface area contributed by atoms with E-state index in [1.807, 2.05) is 6.92 Å².